The van der Waals surface area contributed by atoms with E-state index in [0.717, 1.165) is 11.4 Å². The van der Waals surface area contributed by atoms with Gasteiger partial charge in [-0.05, 0) is 38.2 Å². The third kappa shape index (κ3) is 4.35. The third-order valence-electron chi connectivity index (χ3n) is 2.78. The first-order valence-electron chi connectivity index (χ1n) is 5.81. The molecule has 1 aromatic rings. The van der Waals surface area contributed by atoms with Gasteiger partial charge in [0.05, 0.1) is 20.3 Å². The molecule has 0 radical (unpaired) electrons. The highest BCUT2D eigenvalue weighted by molar-refractivity contribution is 5.92. The molecular formula is C13H20N2O3. The fourth-order valence-corrected chi connectivity index (χ4v) is 1.40. The van der Waals surface area contributed by atoms with Crippen molar-refractivity contribution < 1.29 is 14.6 Å². The van der Waals surface area contributed by atoms with Gasteiger partial charge in [0.2, 0.25) is 5.91 Å². The topological polar surface area (TPSA) is 61.8 Å². The zero-order chi connectivity index (χ0) is 13.5. The van der Waals surface area contributed by atoms with Crippen LogP contribution < -0.4 is 10.1 Å². The lowest BCUT2D eigenvalue weighted by atomic mass is 10.3. The van der Waals surface area contributed by atoms with Crippen LogP contribution in [0, 0.1) is 0 Å². The Morgan fingerprint density at radius 3 is 2.56 bits per heavy atom. The highest BCUT2D eigenvalue weighted by Crippen LogP contribution is 2.14. The minimum absolute atomic E-state index is 0.0340. The molecule has 0 aromatic heterocycles. The van der Waals surface area contributed by atoms with Crippen molar-refractivity contribution in [1.29, 1.82) is 0 Å². The monoisotopic (exact) mass is 252 g/mol. The number of hydrogen-bond donors (Lipinski definition) is 2. The molecule has 2 N–H and O–H groups in total. The van der Waals surface area contributed by atoms with Crippen molar-refractivity contribution in [2.45, 2.75) is 13.0 Å². The van der Waals surface area contributed by atoms with Crippen LogP contribution in [0.2, 0.25) is 0 Å². The molecule has 5 heteroatoms. The number of ether oxygens (including phenoxy) is 1. The Labute approximate surface area is 107 Å². The fraction of sp³-hybridized carbons (Fsp3) is 0.462. The molecule has 0 heterocycles. The lowest BCUT2D eigenvalue weighted by molar-refractivity contribution is -0.117. The van der Waals surface area contributed by atoms with Gasteiger partial charge >= 0.3 is 0 Å². The van der Waals surface area contributed by atoms with Gasteiger partial charge in [-0.2, -0.15) is 0 Å². The summed E-state index contributed by atoms with van der Waals surface area (Å²) < 4.78 is 5.04. The first-order chi connectivity index (χ1) is 8.56. The van der Waals surface area contributed by atoms with E-state index in [-0.39, 0.29) is 25.1 Å². The Hall–Kier alpha value is -1.59. The van der Waals surface area contributed by atoms with E-state index in [0.29, 0.717) is 0 Å². The van der Waals surface area contributed by atoms with Gasteiger partial charge in [-0.15, -0.1) is 0 Å². The summed E-state index contributed by atoms with van der Waals surface area (Å²) in [7, 11) is 3.40. The summed E-state index contributed by atoms with van der Waals surface area (Å²) in [6, 6.07) is 7.11. The number of hydrogen-bond acceptors (Lipinski definition) is 4. The molecule has 1 rings (SSSR count). The number of carbonyl (C=O) groups excluding carboxylic acids is 1. The van der Waals surface area contributed by atoms with Crippen molar-refractivity contribution in [2.24, 2.45) is 0 Å². The standard InChI is InChI=1S/C13H20N2O3/c1-10(9-16)15(2)8-13(17)14-11-4-6-12(18-3)7-5-11/h4-7,10,16H,8-9H2,1-3H3,(H,14,17). The number of anilines is 1. The maximum absolute atomic E-state index is 11.7. The van der Waals surface area contributed by atoms with E-state index in [9.17, 15) is 4.79 Å². The Bertz CT molecular complexity index is 378. The first kappa shape index (κ1) is 14.5. The summed E-state index contributed by atoms with van der Waals surface area (Å²) >= 11 is 0. The molecule has 0 saturated heterocycles. The van der Waals surface area contributed by atoms with E-state index in [1.54, 1.807) is 43.3 Å². The third-order valence-corrected chi connectivity index (χ3v) is 2.78. The van der Waals surface area contributed by atoms with Crippen LogP contribution in [0.15, 0.2) is 24.3 Å². The Morgan fingerprint density at radius 1 is 1.44 bits per heavy atom. The zero-order valence-electron chi connectivity index (χ0n) is 11.0. The van der Waals surface area contributed by atoms with Crippen LogP contribution in [0.1, 0.15) is 6.92 Å². The normalized spacial score (nSPS) is 12.3. The average Bonchev–Trinajstić information content (AvgIpc) is 2.38. The Balaban J connectivity index is 2.48. The van der Waals surface area contributed by atoms with Crippen molar-refractivity contribution in [3.63, 3.8) is 0 Å². The van der Waals surface area contributed by atoms with Gasteiger partial charge in [0, 0.05) is 11.7 Å². The molecule has 0 aliphatic heterocycles. The lowest BCUT2D eigenvalue weighted by Gasteiger charge is -2.21. The predicted octanol–water partition coefficient (Wildman–Crippen LogP) is 0.946. The lowest BCUT2D eigenvalue weighted by Crippen LogP contribution is -2.38. The number of amides is 1. The smallest absolute Gasteiger partial charge is 0.238 e. The summed E-state index contributed by atoms with van der Waals surface area (Å²) in [6.07, 6.45) is 0. The Kier molecular flexibility index (Phi) is 5.61. The van der Waals surface area contributed by atoms with Gasteiger partial charge in [0.25, 0.3) is 0 Å². The molecule has 0 fully saturated rings. The van der Waals surface area contributed by atoms with Crippen LogP contribution >= 0.6 is 0 Å². The molecule has 100 valence electrons. The molecule has 1 aromatic carbocycles. The number of methoxy groups -OCH3 is 1. The van der Waals surface area contributed by atoms with Crippen LogP contribution in [0.5, 0.6) is 5.75 Å². The molecule has 1 amide bonds. The van der Waals surface area contributed by atoms with Gasteiger partial charge < -0.3 is 15.2 Å². The summed E-state index contributed by atoms with van der Waals surface area (Å²) in [5.41, 5.74) is 0.728. The quantitative estimate of drug-likeness (QED) is 0.791. The van der Waals surface area contributed by atoms with Crippen molar-refractivity contribution >= 4 is 11.6 Å². The molecule has 0 bridgehead atoms. The average molecular weight is 252 g/mol. The number of rotatable bonds is 6. The van der Waals surface area contributed by atoms with Crippen LogP contribution in [-0.2, 0) is 4.79 Å². The van der Waals surface area contributed by atoms with E-state index in [1.165, 1.54) is 0 Å². The number of carbonyl (C=O) groups is 1. The van der Waals surface area contributed by atoms with Crippen LogP contribution in [-0.4, -0.2) is 49.3 Å². The summed E-state index contributed by atoms with van der Waals surface area (Å²) in [5.74, 6) is 0.641. The second kappa shape index (κ2) is 6.98. The molecule has 1 atom stereocenters. The van der Waals surface area contributed by atoms with Gasteiger partial charge in [0.1, 0.15) is 5.75 Å². The van der Waals surface area contributed by atoms with Crippen LogP contribution in [0.4, 0.5) is 5.69 Å². The predicted molar refractivity (Wildman–Crippen MR) is 70.8 cm³/mol. The molecule has 0 aliphatic rings. The summed E-state index contributed by atoms with van der Waals surface area (Å²) in [5, 5.41) is 11.8. The van der Waals surface area contributed by atoms with E-state index in [1.807, 2.05) is 6.92 Å². The van der Waals surface area contributed by atoms with Crippen molar-refractivity contribution in [3.05, 3.63) is 24.3 Å². The fourth-order valence-electron chi connectivity index (χ4n) is 1.40. The SMILES string of the molecule is COc1ccc(NC(=O)CN(C)C(C)CO)cc1. The van der Waals surface area contributed by atoms with Crippen molar-refractivity contribution in [2.75, 3.05) is 32.6 Å². The van der Waals surface area contributed by atoms with E-state index < -0.39 is 0 Å². The maximum Gasteiger partial charge on any atom is 0.238 e. The molecule has 18 heavy (non-hydrogen) atoms. The number of aliphatic hydroxyl groups excluding tert-OH is 1. The number of aliphatic hydroxyl groups is 1. The largest absolute Gasteiger partial charge is 0.497 e. The zero-order valence-corrected chi connectivity index (χ0v) is 11.0. The van der Waals surface area contributed by atoms with Gasteiger partial charge in [-0.3, -0.25) is 9.69 Å². The van der Waals surface area contributed by atoms with Gasteiger partial charge in [0.15, 0.2) is 0 Å². The minimum atomic E-state index is -0.108. The van der Waals surface area contributed by atoms with Crippen LogP contribution in [0.3, 0.4) is 0 Å². The highest BCUT2D eigenvalue weighted by Gasteiger charge is 2.12. The number of likely N-dealkylation sites (N-methyl/N-ethyl adjacent to an activating group) is 1. The first-order valence-corrected chi connectivity index (χ1v) is 5.81. The van der Waals surface area contributed by atoms with Crippen LogP contribution in [0.25, 0.3) is 0 Å². The minimum Gasteiger partial charge on any atom is -0.497 e. The highest BCUT2D eigenvalue weighted by atomic mass is 16.5. The Morgan fingerprint density at radius 2 is 2.06 bits per heavy atom. The summed E-state index contributed by atoms with van der Waals surface area (Å²) in [4.78, 5) is 13.5. The molecule has 1 unspecified atom stereocenters. The maximum atomic E-state index is 11.7. The molecule has 0 spiro atoms. The number of nitrogens with zero attached hydrogens (tertiary/aromatic N) is 1. The summed E-state index contributed by atoms with van der Waals surface area (Å²) in [6.45, 7) is 2.14. The molecule has 5 nitrogen and oxygen atoms in total. The van der Waals surface area contributed by atoms with E-state index >= 15 is 0 Å². The molecule has 0 saturated carbocycles. The van der Waals surface area contributed by atoms with Crippen molar-refractivity contribution in [1.82, 2.24) is 4.90 Å². The van der Waals surface area contributed by atoms with Gasteiger partial charge in [-0.25, -0.2) is 0 Å². The number of nitrogens with one attached hydrogen (secondary N) is 1. The van der Waals surface area contributed by atoms with Crippen molar-refractivity contribution in [3.8, 4) is 5.75 Å². The van der Waals surface area contributed by atoms with E-state index in [2.05, 4.69) is 5.32 Å². The second-order valence-electron chi connectivity index (χ2n) is 4.22. The van der Waals surface area contributed by atoms with E-state index in [4.69, 9.17) is 9.84 Å². The molecular weight excluding hydrogens is 232 g/mol. The number of benzene rings is 1. The van der Waals surface area contributed by atoms with Gasteiger partial charge in [-0.1, -0.05) is 0 Å². The molecule has 0 aliphatic carbocycles. The second-order valence-corrected chi connectivity index (χ2v) is 4.22.